The Balaban J connectivity index is 0.000000165. The van der Waals surface area contributed by atoms with Crippen molar-refractivity contribution in [2.24, 2.45) is 0 Å². The Labute approximate surface area is 192 Å². The van der Waals surface area contributed by atoms with E-state index in [0.717, 1.165) is 49.0 Å². The van der Waals surface area contributed by atoms with Gasteiger partial charge in [0, 0.05) is 62.8 Å². The lowest BCUT2D eigenvalue weighted by Gasteiger charge is -2.47. The van der Waals surface area contributed by atoms with Crippen molar-refractivity contribution in [3.8, 4) is 11.1 Å². The fourth-order valence-corrected chi connectivity index (χ4v) is 5.09. The average molecular weight is 436 g/mol. The van der Waals surface area contributed by atoms with Crippen LogP contribution in [0.25, 0.3) is 11.1 Å². The first kappa shape index (κ1) is 23.0. The quantitative estimate of drug-likeness (QED) is 0.672. The van der Waals surface area contributed by atoms with E-state index in [1.807, 2.05) is 12.4 Å². The van der Waals surface area contributed by atoms with Gasteiger partial charge in [0.2, 0.25) is 0 Å². The van der Waals surface area contributed by atoms with Crippen molar-refractivity contribution in [2.45, 2.75) is 57.7 Å². The van der Waals surface area contributed by atoms with Crippen molar-refractivity contribution in [1.82, 2.24) is 24.7 Å². The van der Waals surface area contributed by atoms with Crippen LogP contribution in [-0.2, 0) is 17.8 Å². The lowest BCUT2D eigenvalue weighted by atomic mass is 9.89. The summed E-state index contributed by atoms with van der Waals surface area (Å²) >= 11 is 0. The summed E-state index contributed by atoms with van der Waals surface area (Å²) in [4.78, 5) is 26.1. The van der Waals surface area contributed by atoms with Gasteiger partial charge in [-0.15, -0.1) is 0 Å². The molecule has 172 valence electrons. The molecule has 1 atom stereocenters. The first-order valence-electron chi connectivity index (χ1n) is 12.2. The maximum atomic E-state index is 10.6. The summed E-state index contributed by atoms with van der Waals surface area (Å²) in [5.74, 6) is 0. The number of rotatable bonds is 5. The number of carbonyl (C=O) groups excluding carboxylic acids is 1. The van der Waals surface area contributed by atoms with E-state index in [9.17, 15) is 4.79 Å². The molecule has 32 heavy (non-hydrogen) atoms. The number of likely N-dealkylation sites (N-methyl/N-ethyl adjacent to an activating group) is 1. The molecule has 2 aromatic rings. The predicted molar refractivity (Wildman–Crippen MR) is 128 cm³/mol. The smallest absolute Gasteiger partial charge is 0.133 e. The Morgan fingerprint density at radius 2 is 1.88 bits per heavy atom. The topological polar surface area (TPSA) is 52.6 Å². The monoisotopic (exact) mass is 435 g/mol. The molecule has 1 saturated heterocycles. The molecule has 0 amide bonds. The fourth-order valence-electron chi connectivity index (χ4n) is 5.09. The molecule has 6 heteroatoms. The molecule has 0 N–H and O–H groups in total. The number of nitrogens with zero attached hydrogens (tertiary/aromatic N) is 5. The lowest BCUT2D eigenvalue weighted by Crippen LogP contribution is -2.56. The van der Waals surface area contributed by atoms with Crippen LogP contribution in [0.15, 0.2) is 36.9 Å². The summed E-state index contributed by atoms with van der Waals surface area (Å²) in [5.41, 5.74) is 4.88. The van der Waals surface area contributed by atoms with E-state index >= 15 is 0 Å². The van der Waals surface area contributed by atoms with Crippen molar-refractivity contribution >= 4 is 6.29 Å². The van der Waals surface area contributed by atoms with Crippen molar-refractivity contribution < 1.29 is 4.79 Å². The van der Waals surface area contributed by atoms with Gasteiger partial charge < -0.3 is 9.69 Å². The normalized spacial score (nSPS) is 22.4. The molecule has 2 fully saturated rings. The molecule has 1 aromatic heterocycles. The third kappa shape index (κ3) is 5.61. The van der Waals surface area contributed by atoms with E-state index in [-0.39, 0.29) is 0 Å². The summed E-state index contributed by atoms with van der Waals surface area (Å²) in [7, 11) is 2.25. The first-order valence-corrected chi connectivity index (χ1v) is 12.2. The van der Waals surface area contributed by atoms with Gasteiger partial charge in [-0.1, -0.05) is 31.5 Å². The van der Waals surface area contributed by atoms with Crippen LogP contribution in [0.5, 0.6) is 0 Å². The highest BCUT2D eigenvalue weighted by molar-refractivity contribution is 5.63. The molecular weight excluding hydrogens is 398 g/mol. The second-order valence-electron chi connectivity index (χ2n) is 9.41. The van der Waals surface area contributed by atoms with E-state index in [0.29, 0.717) is 6.54 Å². The Bertz CT molecular complexity index is 870. The minimum absolute atomic E-state index is 0.522. The van der Waals surface area contributed by atoms with E-state index in [2.05, 4.69) is 56.8 Å². The molecule has 3 aliphatic rings. The highest BCUT2D eigenvalue weighted by Gasteiger charge is 2.32. The second kappa shape index (κ2) is 11.1. The van der Waals surface area contributed by atoms with Crippen LogP contribution in [0.4, 0.5) is 0 Å². The minimum Gasteiger partial charge on any atom is -0.304 e. The van der Waals surface area contributed by atoms with Crippen LogP contribution in [-0.4, -0.2) is 82.8 Å². The number of aldehydes is 1. The molecular formula is C26H37N5O. The Kier molecular flexibility index (Phi) is 8.00. The van der Waals surface area contributed by atoms with E-state index in [4.69, 9.17) is 0 Å². The van der Waals surface area contributed by atoms with Crippen molar-refractivity contribution in [2.75, 3.05) is 39.8 Å². The van der Waals surface area contributed by atoms with Crippen LogP contribution < -0.4 is 0 Å². The Morgan fingerprint density at radius 1 is 1.06 bits per heavy atom. The molecule has 0 bridgehead atoms. The molecule has 5 rings (SSSR count). The van der Waals surface area contributed by atoms with E-state index in [1.165, 1.54) is 56.4 Å². The molecule has 2 aliphatic heterocycles. The fraction of sp³-hybridized carbons (Fsp3) is 0.577. The van der Waals surface area contributed by atoms with Gasteiger partial charge in [0.1, 0.15) is 12.6 Å². The summed E-state index contributed by atoms with van der Waals surface area (Å²) < 4.78 is 0. The van der Waals surface area contributed by atoms with Gasteiger partial charge in [0.25, 0.3) is 0 Å². The molecule has 6 nitrogen and oxygen atoms in total. The predicted octanol–water partition coefficient (Wildman–Crippen LogP) is 3.27. The van der Waals surface area contributed by atoms with Crippen LogP contribution in [0.2, 0.25) is 0 Å². The molecule has 0 radical (unpaired) electrons. The molecule has 1 aromatic carbocycles. The van der Waals surface area contributed by atoms with E-state index in [1.54, 1.807) is 6.33 Å². The molecule has 1 unspecified atom stereocenters. The summed E-state index contributed by atoms with van der Waals surface area (Å²) in [5, 5.41) is 0. The van der Waals surface area contributed by atoms with Crippen molar-refractivity contribution in [3.63, 3.8) is 0 Å². The average Bonchev–Trinajstić information content (AvgIpc) is 2.80. The van der Waals surface area contributed by atoms with Gasteiger partial charge in [-0.05, 0) is 49.4 Å². The molecule has 1 saturated carbocycles. The number of benzene rings is 1. The molecule has 1 aliphatic carbocycles. The van der Waals surface area contributed by atoms with Gasteiger partial charge in [0.05, 0.1) is 6.54 Å². The highest BCUT2D eigenvalue weighted by Crippen LogP contribution is 2.29. The van der Waals surface area contributed by atoms with Gasteiger partial charge in [-0.25, -0.2) is 9.97 Å². The van der Waals surface area contributed by atoms with Gasteiger partial charge in [0.15, 0.2) is 0 Å². The van der Waals surface area contributed by atoms with E-state index < -0.39 is 0 Å². The zero-order chi connectivity index (χ0) is 22.3. The molecule has 3 heterocycles. The third-order valence-electron chi connectivity index (χ3n) is 7.27. The van der Waals surface area contributed by atoms with Gasteiger partial charge >= 0.3 is 0 Å². The number of hydrogen-bond acceptors (Lipinski definition) is 6. The SMILES string of the molecule is CCC1CN(C)CCN1C1CCC1.O=CCN1CCc2cc(-c3cncnc3)ccc2C1. The number of fused-ring (bicyclic) bond motifs is 1. The number of piperazine rings is 1. The third-order valence-corrected chi connectivity index (χ3v) is 7.27. The van der Waals surface area contributed by atoms with Crippen molar-refractivity contribution in [1.29, 1.82) is 0 Å². The summed E-state index contributed by atoms with van der Waals surface area (Å²) in [6.45, 7) is 8.52. The molecule has 0 spiro atoms. The first-order chi connectivity index (χ1) is 15.7. The maximum Gasteiger partial charge on any atom is 0.133 e. The number of aromatic nitrogens is 2. The Morgan fingerprint density at radius 3 is 2.56 bits per heavy atom. The minimum atomic E-state index is 0.522. The zero-order valence-electron chi connectivity index (χ0n) is 19.6. The lowest BCUT2D eigenvalue weighted by molar-refractivity contribution is -0.109. The maximum absolute atomic E-state index is 10.6. The van der Waals surface area contributed by atoms with Crippen LogP contribution in [0.3, 0.4) is 0 Å². The Hall–Kier alpha value is -2.15. The largest absolute Gasteiger partial charge is 0.304 e. The summed E-state index contributed by atoms with van der Waals surface area (Å²) in [6.07, 6.45) is 12.9. The summed E-state index contributed by atoms with van der Waals surface area (Å²) in [6, 6.07) is 8.24. The van der Waals surface area contributed by atoms with Crippen molar-refractivity contribution in [3.05, 3.63) is 48.0 Å². The number of carbonyl (C=O) groups is 1. The van der Waals surface area contributed by atoms with Crippen LogP contribution in [0, 0.1) is 0 Å². The van der Waals surface area contributed by atoms with Crippen LogP contribution in [0.1, 0.15) is 43.7 Å². The van der Waals surface area contributed by atoms with Gasteiger partial charge in [-0.3, -0.25) is 9.80 Å². The second-order valence-corrected chi connectivity index (χ2v) is 9.41. The van der Waals surface area contributed by atoms with Crippen LogP contribution >= 0.6 is 0 Å². The van der Waals surface area contributed by atoms with Gasteiger partial charge in [-0.2, -0.15) is 0 Å². The highest BCUT2D eigenvalue weighted by atomic mass is 16.1. The standard InChI is InChI=1S/C15H15N3O.C11H22N2/c19-6-5-18-4-3-13-7-12(1-2-14(13)10-18)15-8-16-11-17-9-15;1-3-10-9-12(2)7-8-13(10)11-5-4-6-11/h1-2,6-9,11H,3-5,10H2;10-11H,3-9H2,1-2H3. The zero-order valence-corrected chi connectivity index (χ0v) is 19.6. The number of hydrogen-bond donors (Lipinski definition) is 0.